The van der Waals surface area contributed by atoms with Gasteiger partial charge in [-0.2, -0.15) is 0 Å². The van der Waals surface area contributed by atoms with E-state index < -0.39 is 0 Å². The van der Waals surface area contributed by atoms with Gasteiger partial charge in [0.1, 0.15) is 11.5 Å². The molecule has 1 saturated heterocycles. The number of carbonyl (C=O) groups excluding carboxylic acids is 1. The van der Waals surface area contributed by atoms with Gasteiger partial charge in [-0.3, -0.25) is 14.8 Å². The summed E-state index contributed by atoms with van der Waals surface area (Å²) in [5, 5.41) is 3.45. The third-order valence-corrected chi connectivity index (χ3v) is 8.58. The lowest BCUT2D eigenvalue weighted by atomic mass is 10.1. The van der Waals surface area contributed by atoms with Gasteiger partial charge in [-0.05, 0) is 74.9 Å². The SMILES string of the molecule is C=Nc1ccc(-c2cccc(N3CCN(C(C)=O)CC3C)c2)nc1N(CC1=CCCNC1=NC)c1ccc(CCCC)cc1. The van der Waals surface area contributed by atoms with E-state index in [1.165, 1.54) is 18.4 Å². The zero-order chi connectivity index (χ0) is 31.1. The smallest absolute Gasteiger partial charge is 0.219 e. The number of nitrogens with one attached hydrogen (secondary N) is 1. The minimum Gasteiger partial charge on any atom is -0.370 e. The Hall–Kier alpha value is -4.46. The number of hydrogen-bond acceptors (Lipinski definition) is 6. The quantitative estimate of drug-likeness (QED) is 0.270. The van der Waals surface area contributed by atoms with Gasteiger partial charge in [-0.1, -0.05) is 43.7 Å². The Balaban J connectivity index is 1.52. The topological polar surface area (TPSA) is 76.4 Å². The van der Waals surface area contributed by atoms with Crippen LogP contribution < -0.4 is 15.1 Å². The highest BCUT2D eigenvalue weighted by Crippen LogP contribution is 2.36. The molecule has 0 spiro atoms. The van der Waals surface area contributed by atoms with Crippen molar-refractivity contribution >= 4 is 41.3 Å². The van der Waals surface area contributed by atoms with Gasteiger partial charge >= 0.3 is 0 Å². The number of aromatic nitrogens is 1. The van der Waals surface area contributed by atoms with E-state index >= 15 is 0 Å². The number of aryl methyl sites for hydroxylation is 1. The number of aliphatic imine (C=N–C) groups is 2. The Morgan fingerprint density at radius 3 is 2.66 bits per heavy atom. The molecule has 3 aromatic rings. The molecule has 2 aromatic carbocycles. The number of nitrogens with zero attached hydrogens (tertiary/aromatic N) is 6. The second kappa shape index (κ2) is 14.3. The van der Waals surface area contributed by atoms with E-state index in [9.17, 15) is 4.79 Å². The molecule has 1 atom stereocenters. The number of unbranched alkanes of at least 4 members (excludes halogenated alkanes) is 1. The van der Waals surface area contributed by atoms with Gasteiger partial charge in [0.05, 0.1) is 12.2 Å². The molecule has 0 bridgehead atoms. The summed E-state index contributed by atoms with van der Waals surface area (Å²) in [5.41, 5.74) is 7.29. The Morgan fingerprint density at radius 1 is 1.14 bits per heavy atom. The Bertz CT molecular complexity index is 1530. The monoisotopic (exact) mass is 591 g/mol. The number of amides is 1. The second-order valence-corrected chi connectivity index (χ2v) is 11.6. The lowest BCUT2D eigenvalue weighted by Gasteiger charge is -2.41. The highest BCUT2D eigenvalue weighted by Gasteiger charge is 2.26. The van der Waals surface area contributed by atoms with Gasteiger partial charge in [0.15, 0.2) is 5.82 Å². The third kappa shape index (κ3) is 7.01. The van der Waals surface area contributed by atoms with Crippen LogP contribution in [0.25, 0.3) is 11.3 Å². The van der Waals surface area contributed by atoms with E-state index in [-0.39, 0.29) is 11.9 Å². The van der Waals surface area contributed by atoms with Crippen LogP contribution in [0, 0.1) is 0 Å². The molecule has 3 heterocycles. The van der Waals surface area contributed by atoms with E-state index in [4.69, 9.17) is 4.98 Å². The largest absolute Gasteiger partial charge is 0.370 e. The number of amidine groups is 1. The third-order valence-electron chi connectivity index (χ3n) is 8.58. The van der Waals surface area contributed by atoms with Crippen LogP contribution in [-0.2, 0) is 11.2 Å². The molecule has 0 radical (unpaired) electrons. The Morgan fingerprint density at radius 2 is 1.95 bits per heavy atom. The van der Waals surface area contributed by atoms with E-state index in [2.05, 4.69) is 100 Å². The first kappa shape index (κ1) is 31.0. The maximum Gasteiger partial charge on any atom is 0.219 e. The van der Waals surface area contributed by atoms with E-state index in [1.807, 2.05) is 24.1 Å². The molecular formula is C36H45N7O. The van der Waals surface area contributed by atoms with Crippen LogP contribution >= 0.6 is 0 Å². The summed E-state index contributed by atoms with van der Waals surface area (Å²) in [6.45, 7) is 13.7. The van der Waals surface area contributed by atoms with Crippen LogP contribution in [-0.4, -0.2) is 74.2 Å². The zero-order valence-electron chi connectivity index (χ0n) is 26.6. The fourth-order valence-corrected chi connectivity index (χ4v) is 6.09. The zero-order valence-corrected chi connectivity index (χ0v) is 26.6. The molecule has 1 unspecified atom stereocenters. The molecule has 2 aliphatic heterocycles. The fourth-order valence-electron chi connectivity index (χ4n) is 6.09. The van der Waals surface area contributed by atoms with Crippen molar-refractivity contribution in [3.63, 3.8) is 0 Å². The van der Waals surface area contributed by atoms with Crippen LogP contribution in [0.1, 0.15) is 45.6 Å². The number of piperazine rings is 1. The molecule has 8 heteroatoms. The van der Waals surface area contributed by atoms with E-state index in [1.54, 1.807) is 6.92 Å². The summed E-state index contributed by atoms with van der Waals surface area (Å²) in [7, 11) is 1.83. The van der Waals surface area contributed by atoms with Gasteiger partial charge in [0.25, 0.3) is 0 Å². The number of carbonyl (C=O) groups is 1. The first-order chi connectivity index (χ1) is 21.4. The van der Waals surface area contributed by atoms with Gasteiger partial charge < -0.3 is 20.0 Å². The molecule has 2 aliphatic rings. The fraction of sp³-hybridized carbons (Fsp3) is 0.389. The molecule has 230 valence electrons. The number of pyridine rings is 1. The molecule has 1 fully saturated rings. The minimum atomic E-state index is 0.134. The molecule has 1 aromatic heterocycles. The summed E-state index contributed by atoms with van der Waals surface area (Å²) in [5.74, 6) is 1.81. The molecular weight excluding hydrogens is 546 g/mol. The van der Waals surface area contributed by atoms with Crippen molar-refractivity contribution in [2.75, 3.05) is 49.6 Å². The van der Waals surface area contributed by atoms with Gasteiger partial charge in [0, 0.05) is 68.7 Å². The van der Waals surface area contributed by atoms with Crippen LogP contribution in [0.4, 0.5) is 22.9 Å². The maximum atomic E-state index is 12.0. The van der Waals surface area contributed by atoms with Crippen LogP contribution in [0.2, 0.25) is 0 Å². The molecule has 0 saturated carbocycles. The number of benzene rings is 2. The van der Waals surface area contributed by atoms with Crippen molar-refractivity contribution in [3.8, 4) is 11.3 Å². The Kier molecular flexibility index (Phi) is 10.1. The second-order valence-electron chi connectivity index (χ2n) is 11.6. The molecule has 0 aliphatic carbocycles. The van der Waals surface area contributed by atoms with E-state index in [0.717, 1.165) is 84.6 Å². The van der Waals surface area contributed by atoms with Crippen molar-refractivity contribution in [1.29, 1.82) is 0 Å². The first-order valence-corrected chi connectivity index (χ1v) is 15.8. The van der Waals surface area contributed by atoms with Crippen molar-refractivity contribution < 1.29 is 4.79 Å². The Labute approximate surface area is 262 Å². The van der Waals surface area contributed by atoms with Gasteiger partial charge in [-0.15, -0.1) is 0 Å². The molecule has 1 amide bonds. The summed E-state index contributed by atoms with van der Waals surface area (Å²) in [6, 6.07) is 21.6. The number of rotatable bonds is 10. The normalized spacial score (nSPS) is 17.7. The molecule has 8 nitrogen and oxygen atoms in total. The van der Waals surface area contributed by atoms with Crippen molar-refractivity contribution in [1.82, 2.24) is 15.2 Å². The summed E-state index contributed by atoms with van der Waals surface area (Å²) < 4.78 is 0. The average molecular weight is 592 g/mol. The summed E-state index contributed by atoms with van der Waals surface area (Å²) in [6.07, 6.45) is 6.64. The van der Waals surface area contributed by atoms with E-state index in [0.29, 0.717) is 6.54 Å². The van der Waals surface area contributed by atoms with Gasteiger partial charge in [-0.25, -0.2) is 4.98 Å². The lowest BCUT2D eigenvalue weighted by molar-refractivity contribution is -0.129. The van der Waals surface area contributed by atoms with Crippen molar-refractivity contribution in [3.05, 3.63) is 77.9 Å². The molecule has 1 N–H and O–H groups in total. The highest BCUT2D eigenvalue weighted by atomic mass is 16.2. The minimum absolute atomic E-state index is 0.134. The predicted octanol–water partition coefficient (Wildman–Crippen LogP) is 6.57. The lowest BCUT2D eigenvalue weighted by Crippen LogP contribution is -2.53. The predicted molar refractivity (Wildman–Crippen MR) is 184 cm³/mol. The summed E-state index contributed by atoms with van der Waals surface area (Å²) in [4.78, 5) is 32.7. The number of anilines is 3. The van der Waals surface area contributed by atoms with Crippen molar-refractivity contribution in [2.24, 2.45) is 9.98 Å². The number of hydrogen-bond donors (Lipinski definition) is 1. The van der Waals surface area contributed by atoms with Crippen LogP contribution in [0.3, 0.4) is 0 Å². The van der Waals surface area contributed by atoms with Crippen LogP contribution in [0.15, 0.2) is 82.3 Å². The van der Waals surface area contributed by atoms with Crippen molar-refractivity contribution in [2.45, 2.75) is 52.5 Å². The summed E-state index contributed by atoms with van der Waals surface area (Å²) >= 11 is 0. The first-order valence-electron chi connectivity index (χ1n) is 15.8. The molecule has 44 heavy (non-hydrogen) atoms. The molecule has 5 rings (SSSR count). The average Bonchev–Trinajstić information content (AvgIpc) is 3.06. The standard InChI is InChI=1S/C36H45N7O/c1-6-7-10-28-14-16-31(17-15-28)43(25-30-12-9-20-39-35(30)38-5)36-34(37-4)19-18-33(40-36)29-11-8-13-32(23-29)42-22-21-41(27(3)44)24-26(42)2/h8,11-19,23,26H,4,6-7,9-10,20-22,24-25H2,1-3,5H3,(H,38,39). The highest BCUT2D eigenvalue weighted by molar-refractivity contribution is 6.00. The maximum absolute atomic E-state index is 12.0. The van der Waals surface area contributed by atoms with Crippen LogP contribution in [0.5, 0.6) is 0 Å². The van der Waals surface area contributed by atoms with Gasteiger partial charge in [0.2, 0.25) is 5.91 Å².